The van der Waals surface area contributed by atoms with Gasteiger partial charge in [0.25, 0.3) is 0 Å². The molecule has 0 rings (SSSR count). The summed E-state index contributed by atoms with van der Waals surface area (Å²) in [4.78, 5) is 41.7. The van der Waals surface area contributed by atoms with Gasteiger partial charge in [0.05, 0.1) is 0 Å². The molecule has 0 spiro atoms. The number of thioether (sulfide) groups is 4. The third-order valence-electron chi connectivity index (χ3n) is 8.88. The smallest absolute Gasteiger partial charge is 0.331 e. The van der Waals surface area contributed by atoms with Gasteiger partial charge in [-0.15, -0.1) is 0 Å². The standard InChI is InChI=1S/4C12H22O2S.CH4/c4*1-3-4-5-6-7-8-9-15-10-11(2)12(13)14;/h4*2-10H2,1H3,(H,13,14);1H4. The van der Waals surface area contributed by atoms with Crippen molar-refractivity contribution in [3.8, 4) is 0 Å². The van der Waals surface area contributed by atoms with Crippen LogP contribution in [0, 0.1) is 0 Å². The van der Waals surface area contributed by atoms with E-state index in [1.807, 2.05) is 0 Å². The SMILES string of the molecule is C.C=C(CSCCCCCCCC)C(=O)O.C=C(CSCCCCCCCC)C(=O)O.C=C(CSCCCCCCCC)C(=O)O.C=C(CSCCCCCCCC)C(=O)O. The van der Waals surface area contributed by atoms with Gasteiger partial charge in [-0.3, -0.25) is 0 Å². The molecule has 4 N–H and O–H groups in total. The molecule has 0 aromatic heterocycles. The summed E-state index contributed by atoms with van der Waals surface area (Å²) in [5.74, 6) is 2.98. The fraction of sp³-hybridized carbons (Fsp3) is 0.755. The first-order chi connectivity index (χ1) is 28.7. The molecule has 0 saturated carbocycles. The van der Waals surface area contributed by atoms with E-state index in [0.717, 1.165) is 23.0 Å². The Kier molecular flexibility index (Phi) is 63.0. The van der Waals surface area contributed by atoms with Crippen molar-refractivity contribution in [2.75, 3.05) is 46.0 Å². The van der Waals surface area contributed by atoms with Crippen molar-refractivity contribution in [2.45, 2.75) is 189 Å². The van der Waals surface area contributed by atoms with Gasteiger partial charge in [-0.2, -0.15) is 47.0 Å². The average molecular weight is 938 g/mol. The first kappa shape index (κ1) is 68.3. The second-order valence-electron chi connectivity index (χ2n) is 14.9. The van der Waals surface area contributed by atoms with Gasteiger partial charge in [-0.25, -0.2) is 19.2 Å². The van der Waals surface area contributed by atoms with Crippen molar-refractivity contribution in [1.82, 2.24) is 0 Å². The molecule has 0 saturated heterocycles. The third-order valence-corrected chi connectivity index (χ3v) is 13.4. The third kappa shape index (κ3) is 62.6. The number of rotatable bonds is 40. The zero-order valence-corrected chi connectivity index (χ0v) is 41.8. The van der Waals surface area contributed by atoms with Crippen LogP contribution in [0.1, 0.15) is 189 Å². The van der Waals surface area contributed by atoms with Crippen molar-refractivity contribution in [3.05, 3.63) is 48.6 Å². The topological polar surface area (TPSA) is 149 Å². The van der Waals surface area contributed by atoms with Gasteiger partial charge in [-0.1, -0.05) is 190 Å². The van der Waals surface area contributed by atoms with Crippen molar-refractivity contribution < 1.29 is 39.6 Å². The maximum atomic E-state index is 10.4. The van der Waals surface area contributed by atoms with Crippen LogP contribution < -0.4 is 0 Å². The molecule has 12 heteroatoms. The largest absolute Gasteiger partial charge is 0.478 e. The molecule has 0 heterocycles. The van der Waals surface area contributed by atoms with Gasteiger partial charge in [0, 0.05) is 45.3 Å². The van der Waals surface area contributed by atoms with E-state index in [9.17, 15) is 19.2 Å². The predicted octanol–water partition coefficient (Wildman–Crippen LogP) is 15.5. The summed E-state index contributed by atoms with van der Waals surface area (Å²) in [6, 6.07) is 0. The maximum Gasteiger partial charge on any atom is 0.331 e. The molecule has 61 heavy (non-hydrogen) atoms. The minimum Gasteiger partial charge on any atom is -0.478 e. The normalized spacial score (nSPS) is 10.0. The fourth-order valence-electron chi connectivity index (χ4n) is 4.97. The zero-order chi connectivity index (χ0) is 46.1. The molecular formula is C49H92O8S4. The Balaban J connectivity index is -0.000000227. The Morgan fingerprint density at radius 1 is 0.311 bits per heavy atom. The lowest BCUT2D eigenvalue weighted by Gasteiger charge is -2.01. The number of aliphatic carboxylic acids is 4. The lowest BCUT2D eigenvalue weighted by molar-refractivity contribution is -0.133. The number of unbranched alkanes of at least 4 members (excludes halogenated alkanes) is 20. The lowest BCUT2D eigenvalue weighted by Crippen LogP contribution is -2.01. The summed E-state index contributed by atoms with van der Waals surface area (Å²) in [5.41, 5.74) is 1.24. The van der Waals surface area contributed by atoms with Gasteiger partial charge >= 0.3 is 23.9 Å². The Morgan fingerprint density at radius 2 is 0.459 bits per heavy atom. The molecular weight excluding hydrogens is 845 g/mol. The number of carboxylic acids is 4. The Hall–Kier alpha value is -1.76. The Bertz CT molecular complexity index is 929. The van der Waals surface area contributed by atoms with Crippen LogP contribution in [0.25, 0.3) is 0 Å². The van der Waals surface area contributed by atoms with Crippen molar-refractivity contribution in [3.63, 3.8) is 0 Å². The highest BCUT2D eigenvalue weighted by Gasteiger charge is 2.05. The van der Waals surface area contributed by atoms with Crippen LogP contribution in [-0.2, 0) is 19.2 Å². The van der Waals surface area contributed by atoms with Crippen LogP contribution in [0.5, 0.6) is 0 Å². The quantitative estimate of drug-likeness (QED) is 0.0342. The van der Waals surface area contributed by atoms with Gasteiger partial charge in [0.1, 0.15) is 0 Å². The van der Waals surface area contributed by atoms with Crippen LogP contribution in [-0.4, -0.2) is 90.3 Å². The summed E-state index contributed by atoms with van der Waals surface area (Å²) < 4.78 is 0. The highest BCUT2D eigenvalue weighted by molar-refractivity contribution is 8.00. The molecule has 0 amide bonds. The number of hydrogen-bond acceptors (Lipinski definition) is 8. The minimum absolute atomic E-state index is 0. The van der Waals surface area contributed by atoms with Crippen LogP contribution >= 0.6 is 47.0 Å². The van der Waals surface area contributed by atoms with Gasteiger partial charge < -0.3 is 20.4 Å². The summed E-state index contributed by atoms with van der Waals surface area (Å²) >= 11 is 6.69. The molecule has 8 nitrogen and oxygen atoms in total. The second kappa shape index (κ2) is 56.3. The highest BCUT2D eigenvalue weighted by Crippen LogP contribution is 2.15. The van der Waals surface area contributed by atoms with Crippen LogP contribution in [0.15, 0.2) is 48.6 Å². The van der Waals surface area contributed by atoms with E-state index in [1.54, 1.807) is 47.0 Å². The van der Waals surface area contributed by atoms with E-state index in [4.69, 9.17) is 20.4 Å². The highest BCUT2D eigenvalue weighted by atomic mass is 32.2. The van der Waals surface area contributed by atoms with Crippen molar-refractivity contribution in [1.29, 1.82) is 0 Å². The summed E-state index contributed by atoms with van der Waals surface area (Å²) in [5, 5.41) is 34.3. The van der Waals surface area contributed by atoms with E-state index in [1.165, 1.54) is 154 Å². The predicted molar refractivity (Wildman–Crippen MR) is 277 cm³/mol. The zero-order valence-electron chi connectivity index (χ0n) is 38.5. The Morgan fingerprint density at radius 3 is 0.607 bits per heavy atom. The minimum atomic E-state index is -0.870. The van der Waals surface area contributed by atoms with Gasteiger partial charge in [0.15, 0.2) is 0 Å². The van der Waals surface area contributed by atoms with Crippen molar-refractivity contribution in [2.24, 2.45) is 0 Å². The fourth-order valence-corrected chi connectivity index (χ4v) is 8.66. The molecule has 0 aliphatic heterocycles. The number of hydrogen-bond donors (Lipinski definition) is 4. The van der Waals surface area contributed by atoms with Crippen LogP contribution in [0.3, 0.4) is 0 Å². The molecule has 0 bridgehead atoms. The van der Waals surface area contributed by atoms with E-state index in [2.05, 4.69) is 54.0 Å². The molecule has 0 aromatic carbocycles. The van der Waals surface area contributed by atoms with Gasteiger partial charge in [-0.05, 0) is 48.7 Å². The summed E-state index contributed by atoms with van der Waals surface area (Å²) in [6.07, 6.45) is 30.9. The first-order valence-electron chi connectivity index (χ1n) is 22.7. The average Bonchev–Trinajstić information content (AvgIpc) is 3.22. The summed E-state index contributed by atoms with van der Waals surface area (Å²) in [7, 11) is 0. The summed E-state index contributed by atoms with van der Waals surface area (Å²) in [6.45, 7) is 22.8. The monoisotopic (exact) mass is 937 g/mol. The molecule has 0 radical (unpaired) electrons. The Labute approximate surface area is 392 Å². The van der Waals surface area contributed by atoms with Crippen molar-refractivity contribution >= 4 is 70.9 Å². The van der Waals surface area contributed by atoms with E-state index in [0.29, 0.717) is 45.3 Å². The maximum absolute atomic E-state index is 10.4. The first-order valence-corrected chi connectivity index (χ1v) is 27.3. The molecule has 0 aliphatic rings. The molecule has 0 atom stereocenters. The molecule has 0 aromatic rings. The van der Waals surface area contributed by atoms with Crippen LogP contribution in [0.2, 0.25) is 0 Å². The molecule has 0 unspecified atom stereocenters. The van der Waals surface area contributed by atoms with E-state index >= 15 is 0 Å². The van der Waals surface area contributed by atoms with Gasteiger partial charge in [0.2, 0.25) is 0 Å². The number of carboxylic acid groups (broad SMARTS) is 4. The number of carbonyl (C=O) groups is 4. The lowest BCUT2D eigenvalue weighted by atomic mass is 10.1. The second-order valence-corrected chi connectivity index (χ2v) is 19.3. The van der Waals surface area contributed by atoms with E-state index < -0.39 is 23.9 Å². The molecule has 360 valence electrons. The van der Waals surface area contributed by atoms with Crippen LogP contribution in [0.4, 0.5) is 0 Å². The molecule has 0 aliphatic carbocycles. The van der Waals surface area contributed by atoms with E-state index in [-0.39, 0.29) is 7.43 Å². The molecule has 0 fully saturated rings.